The maximum absolute atomic E-state index is 12.5. The van der Waals surface area contributed by atoms with E-state index in [4.69, 9.17) is 16.3 Å². The molecular weight excluding hydrogens is 300 g/mol. The fraction of sp³-hybridized carbons (Fsp3) is 0.500. The molecule has 0 heterocycles. The van der Waals surface area contributed by atoms with Crippen LogP contribution in [0.2, 0.25) is 0 Å². The predicted molar refractivity (Wildman–Crippen MR) is 77.3 cm³/mol. The molecule has 0 radical (unpaired) electrons. The summed E-state index contributed by atoms with van der Waals surface area (Å²) in [4.78, 5) is 11.7. The van der Waals surface area contributed by atoms with Crippen LogP contribution in [0.1, 0.15) is 40.2 Å². The highest BCUT2D eigenvalue weighted by Crippen LogP contribution is 2.44. The summed E-state index contributed by atoms with van der Waals surface area (Å²) in [5, 5.41) is -0.631. The lowest BCUT2D eigenvalue weighted by atomic mass is 10.0. The van der Waals surface area contributed by atoms with Crippen LogP contribution in [0.15, 0.2) is 17.0 Å². The van der Waals surface area contributed by atoms with Crippen LogP contribution in [0.3, 0.4) is 0 Å². The zero-order valence-electron chi connectivity index (χ0n) is 11.5. The van der Waals surface area contributed by atoms with E-state index in [0.717, 1.165) is 18.4 Å². The van der Waals surface area contributed by atoms with Gasteiger partial charge >= 0.3 is 0 Å². The highest BCUT2D eigenvalue weighted by molar-refractivity contribution is 7.91. The van der Waals surface area contributed by atoms with E-state index in [1.54, 1.807) is 19.1 Å². The van der Waals surface area contributed by atoms with E-state index in [-0.39, 0.29) is 28.7 Å². The van der Waals surface area contributed by atoms with Crippen LogP contribution in [0.4, 0.5) is 0 Å². The van der Waals surface area contributed by atoms with Crippen molar-refractivity contribution < 1.29 is 17.9 Å². The first-order valence-electron chi connectivity index (χ1n) is 6.43. The second-order valence-corrected chi connectivity index (χ2v) is 7.41. The molecule has 110 valence electrons. The summed E-state index contributed by atoms with van der Waals surface area (Å²) in [5.41, 5.74) is 1.51. The fourth-order valence-corrected chi connectivity index (χ4v) is 4.31. The van der Waals surface area contributed by atoms with Crippen molar-refractivity contribution in [2.45, 2.75) is 30.6 Å². The Morgan fingerprint density at radius 3 is 2.55 bits per heavy atom. The topological polar surface area (TPSA) is 60.4 Å². The van der Waals surface area contributed by atoms with E-state index in [0.29, 0.717) is 5.56 Å². The van der Waals surface area contributed by atoms with Crippen molar-refractivity contribution in [3.05, 3.63) is 28.8 Å². The van der Waals surface area contributed by atoms with Crippen molar-refractivity contribution in [2.24, 2.45) is 0 Å². The van der Waals surface area contributed by atoms with E-state index in [9.17, 15) is 13.2 Å². The summed E-state index contributed by atoms with van der Waals surface area (Å²) in [6.45, 7) is 1.77. The molecule has 0 unspecified atom stereocenters. The highest BCUT2D eigenvalue weighted by Gasteiger charge is 2.32. The third kappa shape index (κ3) is 3.05. The molecule has 6 heteroatoms. The molecule has 4 nitrogen and oxygen atoms in total. The number of methoxy groups -OCH3 is 1. The Morgan fingerprint density at radius 1 is 1.40 bits per heavy atom. The van der Waals surface area contributed by atoms with Crippen LogP contribution >= 0.6 is 11.6 Å². The van der Waals surface area contributed by atoms with Gasteiger partial charge in [-0.15, -0.1) is 0 Å². The largest absolute Gasteiger partial charge is 0.384 e. The summed E-state index contributed by atoms with van der Waals surface area (Å²) < 4.78 is 29.9. The number of carbonyl (C=O) groups is 1. The van der Waals surface area contributed by atoms with Crippen LogP contribution < -0.4 is 0 Å². The van der Waals surface area contributed by atoms with Crippen molar-refractivity contribution >= 4 is 26.7 Å². The maximum Gasteiger partial charge on any atom is 0.252 e. The third-order valence-corrected chi connectivity index (χ3v) is 5.60. The molecule has 1 saturated carbocycles. The summed E-state index contributed by atoms with van der Waals surface area (Å²) in [6, 6.07) is 3.34. The van der Waals surface area contributed by atoms with Gasteiger partial charge in [0.15, 0.2) is 9.84 Å². The van der Waals surface area contributed by atoms with Crippen LogP contribution in [-0.4, -0.2) is 33.1 Å². The second kappa shape index (κ2) is 5.84. The lowest BCUT2D eigenvalue weighted by Gasteiger charge is -2.15. The Labute approximate surface area is 124 Å². The number of benzene rings is 1. The van der Waals surface area contributed by atoms with Gasteiger partial charge in [-0.1, -0.05) is 6.07 Å². The zero-order valence-corrected chi connectivity index (χ0v) is 13.1. The van der Waals surface area contributed by atoms with E-state index in [2.05, 4.69) is 0 Å². The monoisotopic (exact) mass is 316 g/mol. The van der Waals surface area contributed by atoms with E-state index in [1.807, 2.05) is 0 Å². The Bertz CT molecular complexity index is 633. The minimum atomic E-state index is -3.48. The van der Waals surface area contributed by atoms with Gasteiger partial charge in [0.2, 0.25) is 0 Å². The molecule has 0 bridgehead atoms. The lowest BCUT2D eigenvalue weighted by molar-refractivity contribution is 0.108. The van der Waals surface area contributed by atoms with Gasteiger partial charge in [0, 0.05) is 12.7 Å². The normalized spacial score (nSPS) is 15.3. The van der Waals surface area contributed by atoms with Gasteiger partial charge in [-0.05, 0) is 54.5 Å². The van der Waals surface area contributed by atoms with E-state index < -0.39 is 15.1 Å². The summed E-state index contributed by atoms with van der Waals surface area (Å²) in [7, 11) is -2.02. The predicted octanol–water partition coefficient (Wildman–Crippen LogP) is 2.67. The number of ether oxygens (including phenoxy) is 1. The summed E-state index contributed by atoms with van der Waals surface area (Å²) >= 11 is 5.52. The molecule has 0 saturated heterocycles. The minimum Gasteiger partial charge on any atom is -0.384 e. The van der Waals surface area contributed by atoms with Crippen LogP contribution in [0, 0.1) is 6.92 Å². The first kappa shape index (κ1) is 15.5. The fourth-order valence-electron chi connectivity index (χ4n) is 2.35. The SMILES string of the molecule is COCCS(=O)(=O)c1c(C2CC2)ccc(C(=O)Cl)c1C. The maximum atomic E-state index is 12.5. The molecule has 0 aromatic heterocycles. The first-order valence-corrected chi connectivity index (χ1v) is 8.46. The van der Waals surface area contributed by atoms with E-state index >= 15 is 0 Å². The zero-order chi connectivity index (χ0) is 14.9. The molecule has 0 amide bonds. The molecule has 1 aromatic rings. The number of hydrogen-bond acceptors (Lipinski definition) is 4. The van der Waals surface area contributed by atoms with Gasteiger partial charge < -0.3 is 4.74 Å². The average molecular weight is 317 g/mol. The molecule has 0 atom stereocenters. The van der Waals surface area contributed by atoms with Crippen molar-refractivity contribution in [3.8, 4) is 0 Å². The molecule has 1 aliphatic rings. The minimum absolute atomic E-state index is 0.0933. The van der Waals surface area contributed by atoms with Gasteiger partial charge in [-0.2, -0.15) is 0 Å². The lowest BCUT2D eigenvalue weighted by Crippen LogP contribution is -2.16. The molecule has 0 spiro atoms. The number of carbonyl (C=O) groups excluding carboxylic acids is 1. The number of halogens is 1. The van der Waals surface area contributed by atoms with Crippen LogP contribution in [0.5, 0.6) is 0 Å². The number of hydrogen-bond donors (Lipinski definition) is 0. The van der Waals surface area contributed by atoms with Crippen molar-refractivity contribution in [2.75, 3.05) is 19.5 Å². The van der Waals surface area contributed by atoms with Crippen molar-refractivity contribution in [1.29, 1.82) is 0 Å². The van der Waals surface area contributed by atoms with Crippen LogP contribution in [0.25, 0.3) is 0 Å². The molecule has 1 aliphatic carbocycles. The van der Waals surface area contributed by atoms with Crippen molar-refractivity contribution in [1.82, 2.24) is 0 Å². The standard InChI is InChI=1S/C14H17ClO4S/c1-9-11(14(15)16)5-6-12(10-3-4-10)13(9)20(17,18)8-7-19-2/h5-6,10H,3-4,7-8H2,1-2H3. The molecule has 20 heavy (non-hydrogen) atoms. The van der Waals surface area contributed by atoms with Gasteiger partial charge in [0.25, 0.3) is 5.24 Å². The molecule has 1 aromatic carbocycles. The molecular formula is C14H17ClO4S. The van der Waals surface area contributed by atoms with Gasteiger partial charge in [-0.3, -0.25) is 4.79 Å². The number of sulfone groups is 1. The Morgan fingerprint density at radius 2 is 2.05 bits per heavy atom. The number of rotatable bonds is 6. The van der Waals surface area contributed by atoms with E-state index in [1.165, 1.54) is 7.11 Å². The Kier molecular flexibility index (Phi) is 4.52. The smallest absolute Gasteiger partial charge is 0.252 e. The van der Waals surface area contributed by atoms with Gasteiger partial charge in [0.05, 0.1) is 17.3 Å². The Balaban J connectivity index is 2.58. The molecule has 0 aliphatic heterocycles. The average Bonchev–Trinajstić information content (AvgIpc) is 3.19. The first-order chi connectivity index (χ1) is 9.38. The van der Waals surface area contributed by atoms with Gasteiger partial charge in [-0.25, -0.2) is 8.42 Å². The third-order valence-electron chi connectivity index (χ3n) is 3.53. The van der Waals surface area contributed by atoms with Crippen molar-refractivity contribution in [3.63, 3.8) is 0 Å². The molecule has 0 N–H and O–H groups in total. The van der Waals surface area contributed by atoms with Gasteiger partial charge in [0.1, 0.15) is 0 Å². The summed E-state index contributed by atoms with van der Waals surface area (Å²) in [6.07, 6.45) is 1.97. The quantitative estimate of drug-likeness (QED) is 0.757. The molecule has 1 fully saturated rings. The second-order valence-electron chi connectivity index (χ2n) is 5.02. The summed E-state index contributed by atoms with van der Waals surface area (Å²) in [5.74, 6) is 0.185. The Hall–Kier alpha value is -0.910. The van der Waals surface area contributed by atoms with Crippen LogP contribution in [-0.2, 0) is 14.6 Å². The highest BCUT2D eigenvalue weighted by atomic mass is 35.5. The molecule has 2 rings (SSSR count).